The third kappa shape index (κ3) is 7.05. The highest BCUT2D eigenvalue weighted by atomic mass is 79.9. The van der Waals surface area contributed by atoms with Crippen LogP contribution < -0.4 is 14.8 Å². The second kappa shape index (κ2) is 12.7. The SMILES string of the molecule is CNC(=O)C(Cc1ccccc1)N(Cc1ccc(Br)cc1)C(=O)COc1ccc([N+](=O)[O-])c(OC)c1. The van der Waals surface area contributed by atoms with E-state index in [4.69, 9.17) is 9.47 Å². The first-order valence-electron chi connectivity index (χ1n) is 11.1. The van der Waals surface area contributed by atoms with Gasteiger partial charge in [-0.2, -0.15) is 0 Å². The summed E-state index contributed by atoms with van der Waals surface area (Å²) in [5, 5.41) is 13.8. The molecular formula is C26H26BrN3O6. The molecule has 0 aliphatic heterocycles. The van der Waals surface area contributed by atoms with E-state index >= 15 is 0 Å². The van der Waals surface area contributed by atoms with E-state index in [2.05, 4.69) is 21.2 Å². The van der Waals surface area contributed by atoms with Crippen LogP contribution in [-0.2, 0) is 22.6 Å². The number of carbonyl (C=O) groups excluding carboxylic acids is 2. The van der Waals surface area contributed by atoms with Crippen LogP contribution in [0.2, 0.25) is 0 Å². The first kappa shape index (κ1) is 26.7. The second-order valence-electron chi connectivity index (χ2n) is 7.85. The predicted molar refractivity (Wildman–Crippen MR) is 138 cm³/mol. The number of ether oxygens (including phenoxy) is 2. The maximum atomic E-state index is 13.4. The molecule has 2 amide bonds. The Balaban J connectivity index is 1.87. The summed E-state index contributed by atoms with van der Waals surface area (Å²) >= 11 is 3.41. The first-order chi connectivity index (χ1) is 17.3. The fraction of sp³-hybridized carbons (Fsp3) is 0.231. The van der Waals surface area contributed by atoms with Gasteiger partial charge in [-0.25, -0.2) is 0 Å². The normalized spacial score (nSPS) is 11.3. The zero-order valence-corrected chi connectivity index (χ0v) is 21.4. The van der Waals surface area contributed by atoms with Crippen LogP contribution in [0.25, 0.3) is 0 Å². The Bertz CT molecular complexity index is 1200. The number of hydrogen-bond donors (Lipinski definition) is 1. The Morgan fingerprint density at radius 2 is 1.75 bits per heavy atom. The molecule has 1 atom stereocenters. The van der Waals surface area contributed by atoms with Crippen molar-refractivity contribution in [2.24, 2.45) is 0 Å². The van der Waals surface area contributed by atoms with Gasteiger partial charge in [-0.3, -0.25) is 19.7 Å². The quantitative estimate of drug-likeness (QED) is 0.281. The van der Waals surface area contributed by atoms with Crippen molar-refractivity contribution in [2.45, 2.75) is 19.0 Å². The van der Waals surface area contributed by atoms with Crippen molar-refractivity contribution in [1.29, 1.82) is 0 Å². The molecule has 0 heterocycles. The number of hydrogen-bond acceptors (Lipinski definition) is 6. The molecule has 0 saturated carbocycles. The molecule has 0 bridgehead atoms. The summed E-state index contributed by atoms with van der Waals surface area (Å²) in [6.45, 7) is -0.191. The van der Waals surface area contributed by atoms with Crippen LogP contribution in [0.5, 0.6) is 11.5 Å². The van der Waals surface area contributed by atoms with E-state index in [1.165, 1.54) is 37.3 Å². The molecule has 188 valence electrons. The number of rotatable bonds is 11. The van der Waals surface area contributed by atoms with Gasteiger partial charge in [0.25, 0.3) is 5.91 Å². The molecule has 0 fully saturated rings. The molecule has 0 aliphatic rings. The minimum absolute atomic E-state index is 0.0176. The number of benzene rings is 3. The molecule has 1 unspecified atom stereocenters. The smallest absolute Gasteiger partial charge is 0.311 e. The molecular weight excluding hydrogens is 530 g/mol. The summed E-state index contributed by atoms with van der Waals surface area (Å²) in [6.07, 6.45) is 0.314. The lowest BCUT2D eigenvalue weighted by Gasteiger charge is -2.31. The lowest BCUT2D eigenvalue weighted by atomic mass is 10.0. The van der Waals surface area contributed by atoms with Crippen LogP contribution in [0.3, 0.4) is 0 Å². The number of nitro benzene ring substituents is 1. The average molecular weight is 556 g/mol. The molecule has 0 spiro atoms. The maximum absolute atomic E-state index is 13.4. The van der Waals surface area contributed by atoms with Gasteiger partial charge in [0.1, 0.15) is 11.8 Å². The highest BCUT2D eigenvalue weighted by Crippen LogP contribution is 2.30. The highest BCUT2D eigenvalue weighted by Gasteiger charge is 2.30. The fourth-order valence-corrected chi connectivity index (χ4v) is 3.90. The molecule has 0 saturated heterocycles. The van der Waals surface area contributed by atoms with E-state index in [-0.39, 0.29) is 36.2 Å². The molecule has 1 N–H and O–H groups in total. The molecule has 0 aliphatic carbocycles. The maximum Gasteiger partial charge on any atom is 0.311 e. The summed E-state index contributed by atoms with van der Waals surface area (Å²) < 4.78 is 11.6. The van der Waals surface area contributed by atoms with Gasteiger partial charge in [0.05, 0.1) is 12.0 Å². The van der Waals surface area contributed by atoms with E-state index in [0.717, 1.165) is 15.6 Å². The molecule has 0 aromatic heterocycles. The highest BCUT2D eigenvalue weighted by molar-refractivity contribution is 9.10. The summed E-state index contributed by atoms with van der Waals surface area (Å²) in [5.41, 5.74) is 1.53. The predicted octanol–water partition coefficient (Wildman–Crippen LogP) is 4.13. The lowest BCUT2D eigenvalue weighted by Crippen LogP contribution is -2.51. The third-order valence-corrected chi connectivity index (χ3v) is 6.02. The van der Waals surface area contributed by atoms with Crippen molar-refractivity contribution in [1.82, 2.24) is 10.2 Å². The largest absolute Gasteiger partial charge is 0.490 e. The van der Waals surface area contributed by atoms with Gasteiger partial charge in [-0.15, -0.1) is 0 Å². The summed E-state index contributed by atoms with van der Waals surface area (Å²) in [7, 11) is 2.84. The molecule has 10 heteroatoms. The molecule has 3 aromatic carbocycles. The van der Waals surface area contributed by atoms with Crippen molar-refractivity contribution >= 4 is 33.4 Å². The standard InChI is InChI=1S/C26H26BrN3O6/c1-28-26(32)23(14-18-6-4-3-5-7-18)29(16-19-8-10-20(27)11-9-19)25(31)17-36-21-12-13-22(30(33)34)24(15-21)35-2/h3-13,15,23H,14,16-17H2,1-2H3,(H,28,32). The van der Waals surface area contributed by atoms with Gasteiger partial charge in [-0.1, -0.05) is 58.4 Å². The van der Waals surface area contributed by atoms with Crippen molar-refractivity contribution in [3.8, 4) is 11.5 Å². The molecule has 0 radical (unpaired) electrons. The van der Waals surface area contributed by atoms with Gasteiger partial charge >= 0.3 is 5.69 Å². The van der Waals surface area contributed by atoms with Crippen LogP contribution in [0, 0.1) is 10.1 Å². The van der Waals surface area contributed by atoms with E-state index in [1.54, 1.807) is 0 Å². The van der Waals surface area contributed by atoms with E-state index in [9.17, 15) is 19.7 Å². The van der Waals surface area contributed by atoms with E-state index in [0.29, 0.717) is 6.42 Å². The number of nitrogens with zero attached hydrogens (tertiary/aromatic N) is 2. The summed E-state index contributed by atoms with van der Waals surface area (Å²) in [6, 6.07) is 20.1. The number of carbonyl (C=O) groups is 2. The molecule has 3 aromatic rings. The van der Waals surface area contributed by atoms with Crippen molar-refractivity contribution in [3.63, 3.8) is 0 Å². The Morgan fingerprint density at radius 1 is 1.06 bits per heavy atom. The molecule has 3 rings (SSSR count). The minimum Gasteiger partial charge on any atom is -0.490 e. The topological polar surface area (TPSA) is 111 Å². The van der Waals surface area contributed by atoms with Crippen molar-refractivity contribution < 1.29 is 24.0 Å². The Hall–Kier alpha value is -3.92. The van der Waals surface area contributed by atoms with Crippen LogP contribution in [0.1, 0.15) is 11.1 Å². The lowest BCUT2D eigenvalue weighted by molar-refractivity contribution is -0.385. The molecule has 9 nitrogen and oxygen atoms in total. The number of nitro groups is 1. The number of amides is 2. The van der Waals surface area contributed by atoms with Gasteiger partial charge in [0.15, 0.2) is 6.61 Å². The molecule has 36 heavy (non-hydrogen) atoms. The number of likely N-dealkylation sites (N-methyl/N-ethyl adjacent to an activating group) is 1. The Kier molecular flexibility index (Phi) is 9.40. The number of methoxy groups -OCH3 is 1. The van der Waals surface area contributed by atoms with Gasteiger partial charge in [0, 0.05) is 36.6 Å². The van der Waals surface area contributed by atoms with Crippen LogP contribution in [0.15, 0.2) is 77.3 Å². The fourth-order valence-electron chi connectivity index (χ4n) is 3.63. The zero-order chi connectivity index (χ0) is 26.1. The van der Waals surface area contributed by atoms with Gasteiger partial charge in [-0.05, 0) is 29.3 Å². The van der Waals surface area contributed by atoms with Crippen molar-refractivity contribution in [3.05, 3.63) is 98.5 Å². The van der Waals surface area contributed by atoms with Crippen LogP contribution in [-0.4, -0.2) is 48.4 Å². The van der Waals surface area contributed by atoms with Crippen LogP contribution >= 0.6 is 15.9 Å². The number of halogens is 1. The van der Waals surface area contributed by atoms with Gasteiger partial charge < -0.3 is 19.7 Å². The van der Waals surface area contributed by atoms with Gasteiger partial charge in [0.2, 0.25) is 11.7 Å². The zero-order valence-electron chi connectivity index (χ0n) is 19.8. The van der Waals surface area contributed by atoms with Crippen molar-refractivity contribution in [2.75, 3.05) is 20.8 Å². The average Bonchev–Trinajstić information content (AvgIpc) is 2.90. The monoisotopic (exact) mass is 555 g/mol. The van der Waals surface area contributed by atoms with E-state index in [1.807, 2.05) is 54.6 Å². The Labute approximate surface area is 217 Å². The summed E-state index contributed by atoms with van der Waals surface area (Å²) in [4.78, 5) is 38.4. The second-order valence-corrected chi connectivity index (χ2v) is 8.76. The summed E-state index contributed by atoms with van der Waals surface area (Å²) in [5.74, 6) is -0.473. The first-order valence-corrected chi connectivity index (χ1v) is 11.9. The Morgan fingerprint density at radius 3 is 2.36 bits per heavy atom. The minimum atomic E-state index is -0.788. The van der Waals surface area contributed by atoms with Crippen LogP contribution in [0.4, 0.5) is 5.69 Å². The number of nitrogens with one attached hydrogen (secondary N) is 1. The third-order valence-electron chi connectivity index (χ3n) is 5.49. The van der Waals surface area contributed by atoms with E-state index < -0.39 is 16.9 Å².